The van der Waals surface area contributed by atoms with Crippen LogP contribution in [0.1, 0.15) is 75.3 Å². The molecule has 1 aliphatic carbocycles. The Morgan fingerprint density at radius 3 is 2.91 bits per heavy atom. The van der Waals surface area contributed by atoms with Gasteiger partial charge in [0.2, 0.25) is 5.91 Å². The Hall–Kier alpha value is -1.89. The molecule has 1 fully saturated rings. The van der Waals surface area contributed by atoms with Crippen LogP contribution in [0, 0.1) is 5.92 Å². The fourth-order valence-corrected chi connectivity index (χ4v) is 4.96. The van der Waals surface area contributed by atoms with Crippen LogP contribution in [0.3, 0.4) is 0 Å². The Balaban J connectivity index is 1.60. The molecule has 6 nitrogen and oxygen atoms in total. The number of carbonyl (C=O) groups is 1. The third kappa shape index (κ3) is 6.33. The summed E-state index contributed by atoms with van der Waals surface area (Å²) in [5, 5.41) is 32.5. The summed E-state index contributed by atoms with van der Waals surface area (Å²) in [7, 11) is 0. The molecule has 1 aliphatic heterocycles. The standard InChI is InChI=1S/C26H39NO5/c1-2-3-4-10-19(29)13-14-20-22(30)17-23-25(20)21-11-5-8-18(26(21)32-23)9-6-12-24(31)27-15-7-16-28/h5,8,11,13-14,19-20,22-23,25,28-30H,2-4,6-7,9-10,12,15-17H2,1H3,(H,27,31)/t19-,20-,22+,23-,25-/m0/s1. The van der Waals surface area contributed by atoms with Gasteiger partial charge in [-0.05, 0) is 31.2 Å². The van der Waals surface area contributed by atoms with E-state index in [0.717, 1.165) is 55.4 Å². The summed E-state index contributed by atoms with van der Waals surface area (Å²) >= 11 is 0. The quantitative estimate of drug-likeness (QED) is 0.276. The van der Waals surface area contributed by atoms with Crippen LogP contribution in [0.2, 0.25) is 0 Å². The first-order valence-corrected chi connectivity index (χ1v) is 12.3. The van der Waals surface area contributed by atoms with Crippen LogP contribution in [0.5, 0.6) is 5.75 Å². The van der Waals surface area contributed by atoms with Crippen molar-refractivity contribution in [3.63, 3.8) is 0 Å². The molecule has 1 aromatic carbocycles. The summed E-state index contributed by atoms with van der Waals surface area (Å²) in [6.07, 6.45) is 9.98. The Bertz CT molecular complexity index is 765. The summed E-state index contributed by atoms with van der Waals surface area (Å²) in [6.45, 7) is 2.74. The van der Waals surface area contributed by atoms with Gasteiger partial charge in [-0.2, -0.15) is 0 Å². The van der Waals surface area contributed by atoms with E-state index in [9.17, 15) is 15.0 Å². The number of aliphatic hydroxyl groups excluding tert-OH is 3. The van der Waals surface area contributed by atoms with E-state index in [1.807, 2.05) is 18.2 Å². The largest absolute Gasteiger partial charge is 0.489 e. The highest BCUT2D eigenvalue weighted by atomic mass is 16.5. The maximum absolute atomic E-state index is 11.9. The Morgan fingerprint density at radius 1 is 1.28 bits per heavy atom. The minimum Gasteiger partial charge on any atom is -0.489 e. The molecule has 0 saturated heterocycles. The first kappa shape index (κ1) is 24.7. The van der Waals surface area contributed by atoms with Gasteiger partial charge in [0, 0.05) is 43.4 Å². The minimum absolute atomic E-state index is 0.00892. The van der Waals surface area contributed by atoms with Crippen LogP contribution in [0.15, 0.2) is 30.4 Å². The lowest BCUT2D eigenvalue weighted by molar-refractivity contribution is -0.121. The zero-order chi connectivity index (χ0) is 22.9. The van der Waals surface area contributed by atoms with Crippen molar-refractivity contribution in [3.8, 4) is 5.75 Å². The number of amides is 1. The first-order chi connectivity index (χ1) is 15.5. The number of hydrogen-bond acceptors (Lipinski definition) is 5. The van der Waals surface area contributed by atoms with Crippen molar-refractivity contribution in [1.82, 2.24) is 5.32 Å². The monoisotopic (exact) mass is 445 g/mol. The Labute approximate surface area is 191 Å². The van der Waals surface area contributed by atoms with Gasteiger partial charge in [0.05, 0.1) is 12.2 Å². The highest BCUT2D eigenvalue weighted by molar-refractivity contribution is 5.75. The van der Waals surface area contributed by atoms with Gasteiger partial charge in [0.1, 0.15) is 11.9 Å². The molecule has 0 unspecified atom stereocenters. The molecule has 178 valence electrons. The van der Waals surface area contributed by atoms with Gasteiger partial charge in [0.25, 0.3) is 0 Å². The lowest BCUT2D eigenvalue weighted by Gasteiger charge is -2.18. The zero-order valence-corrected chi connectivity index (χ0v) is 19.2. The van der Waals surface area contributed by atoms with E-state index in [1.54, 1.807) is 0 Å². The van der Waals surface area contributed by atoms with Gasteiger partial charge in [-0.3, -0.25) is 4.79 Å². The number of benzene rings is 1. The van der Waals surface area contributed by atoms with E-state index < -0.39 is 12.2 Å². The number of fused-ring (bicyclic) bond motifs is 3. The van der Waals surface area contributed by atoms with Crippen molar-refractivity contribution in [3.05, 3.63) is 41.5 Å². The van der Waals surface area contributed by atoms with Crippen molar-refractivity contribution in [2.45, 2.75) is 88.9 Å². The molecule has 0 aromatic heterocycles. The number of rotatable bonds is 13. The fraction of sp³-hybridized carbons (Fsp3) is 0.654. The molecule has 4 N–H and O–H groups in total. The van der Waals surface area contributed by atoms with Crippen LogP contribution in [0.4, 0.5) is 0 Å². The maximum atomic E-state index is 11.9. The van der Waals surface area contributed by atoms with Crippen LogP contribution in [0.25, 0.3) is 0 Å². The predicted molar refractivity (Wildman–Crippen MR) is 125 cm³/mol. The van der Waals surface area contributed by atoms with E-state index >= 15 is 0 Å². The number of carbonyl (C=O) groups excluding carboxylic acids is 1. The molecule has 0 bridgehead atoms. The molecule has 5 atom stereocenters. The molecule has 32 heavy (non-hydrogen) atoms. The van der Waals surface area contributed by atoms with Gasteiger partial charge in [0.15, 0.2) is 0 Å². The number of hydrogen-bond donors (Lipinski definition) is 4. The average molecular weight is 446 g/mol. The number of nitrogens with one attached hydrogen (secondary N) is 1. The summed E-state index contributed by atoms with van der Waals surface area (Å²) in [6, 6.07) is 6.18. The highest BCUT2D eigenvalue weighted by Crippen LogP contribution is 2.52. The molecule has 1 amide bonds. The molecule has 0 spiro atoms. The van der Waals surface area contributed by atoms with Crippen molar-refractivity contribution >= 4 is 5.91 Å². The van der Waals surface area contributed by atoms with Gasteiger partial charge in [-0.1, -0.05) is 56.5 Å². The van der Waals surface area contributed by atoms with Gasteiger partial charge < -0.3 is 25.4 Å². The van der Waals surface area contributed by atoms with Crippen molar-refractivity contribution in [2.75, 3.05) is 13.2 Å². The highest BCUT2D eigenvalue weighted by Gasteiger charge is 2.48. The Morgan fingerprint density at radius 2 is 2.12 bits per heavy atom. The smallest absolute Gasteiger partial charge is 0.220 e. The first-order valence-electron chi connectivity index (χ1n) is 12.3. The van der Waals surface area contributed by atoms with Crippen molar-refractivity contribution in [2.24, 2.45) is 5.92 Å². The number of aryl methyl sites for hydroxylation is 1. The van der Waals surface area contributed by atoms with Crippen LogP contribution < -0.4 is 10.1 Å². The molecule has 1 aromatic rings. The van der Waals surface area contributed by atoms with E-state index in [-0.39, 0.29) is 30.5 Å². The third-order valence-corrected chi connectivity index (χ3v) is 6.65. The second kappa shape index (κ2) is 12.4. The molecule has 6 heteroatoms. The van der Waals surface area contributed by atoms with Crippen LogP contribution >= 0.6 is 0 Å². The topological polar surface area (TPSA) is 99.0 Å². The molecule has 1 heterocycles. The van der Waals surface area contributed by atoms with E-state index in [2.05, 4.69) is 24.4 Å². The third-order valence-electron chi connectivity index (χ3n) is 6.65. The van der Waals surface area contributed by atoms with Gasteiger partial charge >= 0.3 is 0 Å². The number of aliphatic hydroxyl groups is 3. The molecule has 0 radical (unpaired) electrons. The maximum Gasteiger partial charge on any atom is 0.220 e. The normalized spacial score (nSPS) is 24.9. The minimum atomic E-state index is -0.469. The number of ether oxygens (including phenoxy) is 1. The van der Waals surface area contributed by atoms with Crippen LogP contribution in [-0.4, -0.2) is 52.7 Å². The fourth-order valence-electron chi connectivity index (χ4n) is 4.96. The van der Waals surface area contributed by atoms with E-state index in [0.29, 0.717) is 25.8 Å². The molecular formula is C26H39NO5. The number of unbranched alkanes of at least 4 members (excludes halogenated alkanes) is 2. The predicted octanol–water partition coefficient (Wildman–Crippen LogP) is 3.23. The summed E-state index contributed by atoms with van der Waals surface area (Å²) in [5.41, 5.74) is 2.24. The van der Waals surface area contributed by atoms with E-state index in [4.69, 9.17) is 9.84 Å². The summed E-state index contributed by atoms with van der Waals surface area (Å²) < 4.78 is 6.30. The zero-order valence-electron chi connectivity index (χ0n) is 19.2. The SMILES string of the molecule is CCCCC[C@H](O)C=C[C@@H]1[C@H]2c3cccc(CCCC(=O)NCCCO)c3O[C@H]2C[C@H]1O. The molecule has 2 aliphatic rings. The molecule has 1 saturated carbocycles. The average Bonchev–Trinajstić information content (AvgIpc) is 3.28. The summed E-state index contributed by atoms with van der Waals surface area (Å²) in [5.74, 6) is 0.960. The van der Waals surface area contributed by atoms with Gasteiger partial charge in [-0.15, -0.1) is 0 Å². The van der Waals surface area contributed by atoms with E-state index in [1.165, 1.54) is 0 Å². The van der Waals surface area contributed by atoms with Crippen molar-refractivity contribution < 1.29 is 24.9 Å². The molecular weight excluding hydrogens is 406 g/mol. The second-order valence-electron chi connectivity index (χ2n) is 9.13. The van der Waals surface area contributed by atoms with Crippen LogP contribution in [-0.2, 0) is 11.2 Å². The lowest BCUT2D eigenvalue weighted by atomic mass is 9.86. The van der Waals surface area contributed by atoms with Gasteiger partial charge in [-0.25, -0.2) is 0 Å². The number of para-hydroxylation sites is 1. The van der Waals surface area contributed by atoms with Crippen molar-refractivity contribution in [1.29, 1.82) is 0 Å². The summed E-state index contributed by atoms with van der Waals surface area (Å²) in [4.78, 5) is 11.9. The second-order valence-corrected chi connectivity index (χ2v) is 9.13. The Kier molecular flexibility index (Phi) is 9.57. The molecule has 3 rings (SSSR count). The lowest BCUT2D eigenvalue weighted by Crippen LogP contribution is -2.24.